The first-order chi connectivity index (χ1) is 13.9. The van der Waals surface area contributed by atoms with Crippen molar-refractivity contribution >= 4 is 21.8 Å². The fraction of sp³-hybridized carbons (Fsp3) is 0.381. The molecule has 2 aromatic rings. The van der Waals surface area contributed by atoms with E-state index in [1.54, 1.807) is 13.2 Å². The van der Waals surface area contributed by atoms with E-state index in [1.807, 2.05) is 49.4 Å². The number of ether oxygens (including phenoxy) is 1. The number of amides is 1. The van der Waals surface area contributed by atoms with Gasteiger partial charge in [-0.2, -0.15) is 17.0 Å². The van der Waals surface area contributed by atoms with Crippen molar-refractivity contribution in [2.24, 2.45) is 0 Å². The van der Waals surface area contributed by atoms with Crippen LogP contribution in [-0.2, 0) is 28.0 Å². The van der Waals surface area contributed by atoms with E-state index in [9.17, 15) is 13.2 Å². The maximum Gasteiger partial charge on any atom is 0.282 e. The highest BCUT2D eigenvalue weighted by Gasteiger charge is 2.34. The van der Waals surface area contributed by atoms with Crippen molar-refractivity contribution in [1.82, 2.24) is 8.61 Å². The van der Waals surface area contributed by atoms with E-state index in [1.165, 1.54) is 8.61 Å². The molecule has 0 aromatic heterocycles. The lowest BCUT2D eigenvalue weighted by molar-refractivity contribution is -0.116. The maximum atomic E-state index is 13.0. The fourth-order valence-corrected chi connectivity index (χ4v) is 4.98. The van der Waals surface area contributed by atoms with Crippen LogP contribution in [0.15, 0.2) is 48.5 Å². The van der Waals surface area contributed by atoms with Crippen LogP contribution in [0.5, 0.6) is 5.75 Å². The molecular formula is C21H27N3O4S. The molecule has 1 fully saturated rings. The summed E-state index contributed by atoms with van der Waals surface area (Å²) in [5.74, 6) is 0.340. The Morgan fingerprint density at radius 1 is 1.07 bits per heavy atom. The molecule has 0 unspecified atom stereocenters. The molecular weight excluding hydrogens is 390 g/mol. The largest absolute Gasteiger partial charge is 0.497 e. The summed E-state index contributed by atoms with van der Waals surface area (Å²) >= 11 is 0. The van der Waals surface area contributed by atoms with Crippen molar-refractivity contribution in [1.29, 1.82) is 0 Å². The van der Waals surface area contributed by atoms with Gasteiger partial charge in [-0.3, -0.25) is 4.79 Å². The molecule has 1 heterocycles. The molecule has 1 amide bonds. The van der Waals surface area contributed by atoms with Crippen molar-refractivity contribution in [3.63, 3.8) is 0 Å². The Labute approximate surface area is 172 Å². The van der Waals surface area contributed by atoms with E-state index < -0.39 is 10.2 Å². The second-order valence-electron chi connectivity index (χ2n) is 6.98. The van der Waals surface area contributed by atoms with Crippen LogP contribution in [0.25, 0.3) is 0 Å². The predicted octanol–water partition coefficient (Wildman–Crippen LogP) is 2.65. The highest BCUT2D eigenvalue weighted by atomic mass is 32.2. The molecule has 3 rings (SSSR count). The molecule has 0 spiro atoms. The van der Waals surface area contributed by atoms with Crippen LogP contribution in [0, 0.1) is 0 Å². The molecule has 0 atom stereocenters. The number of hydrogen-bond acceptors (Lipinski definition) is 4. The van der Waals surface area contributed by atoms with Crippen LogP contribution >= 0.6 is 0 Å². The van der Waals surface area contributed by atoms with Crippen molar-refractivity contribution < 1.29 is 17.9 Å². The molecule has 1 aliphatic rings. The average Bonchev–Trinajstić information content (AvgIpc) is 2.71. The Kier molecular flexibility index (Phi) is 6.89. The van der Waals surface area contributed by atoms with Gasteiger partial charge in [0.15, 0.2) is 0 Å². The van der Waals surface area contributed by atoms with Gasteiger partial charge in [0, 0.05) is 25.3 Å². The zero-order chi connectivity index (χ0) is 20.9. The third-order valence-electron chi connectivity index (χ3n) is 4.90. The minimum absolute atomic E-state index is 0.201. The quantitative estimate of drug-likeness (QED) is 0.751. The van der Waals surface area contributed by atoms with Gasteiger partial charge in [-0.1, -0.05) is 31.2 Å². The summed E-state index contributed by atoms with van der Waals surface area (Å²) < 4.78 is 33.9. The van der Waals surface area contributed by atoms with Gasteiger partial charge in [0.1, 0.15) is 5.75 Å². The van der Waals surface area contributed by atoms with Crippen LogP contribution in [0.2, 0.25) is 0 Å². The number of aryl methyl sites for hydroxylation is 1. The van der Waals surface area contributed by atoms with Gasteiger partial charge in [-0.25, -0.2) is 0 Å². The number of anilines is 1. The predicted molar refractivity (Wildman–Crippen MR) is 113 cm³/mol. The van der Waals surface area contributed by atoms with Crippen molar-refractivity contribution in [2.75, 3.05) is 32.1 Å². The molecule has 0 bridgehead atoms. The molecule has 29 heavy (non-hydrogen) atoms. The van der Waals surface area contributed by atoms with Gasteiger partial charge in [0.25, 0.3) is 10.2 Å². The number of methoxy groups -OCH3 is 1. The number of nitrogens with one attached hydrogen (secondary N) is 1. The molecule has 0 saturated carbocycles. The van der Waals surface area contributed by atoms with Crippen LogP contribution in [0.3, 0.4) is 0 Å². The van der Waals surface area contributed by atoms with Gasteiger partial charge in [-0.05, 0) is 48.2 Å². The van der Waals surface area contributed by atoms with Gasteiger partial charge < -0.3 is 10.1 Å². The van der Waals surface area contributed by atoms with Crippen LogP contribution in [0.1, 0.15) is 24.5 Å². The molecule has 0 aliphatic carbocycles. The Balaban J connectivity index is 1.67. The number of benzene rings is 2. The fourth-order valence-electron chi connectivity index (χ4n) is 3.34. The SMILES string of the molecule is CCc1cccc(NC(=O)CN2CCCN(Cc3cccc(OC)c3)S2(=O)=O)c1. The summed E-state index contributed by atoms with van der Waals surface area (Å²) in [6, 6.07) is 14.9. The molecule has 7 nitrogen and oxygen atoms in total. The van der Waals surface area contributed by atoms with Gasteiger partial charge >= 0.3 is 0 Å². The minimum Gasteiger partial charge on any atom is -0.497 e. The zero-order valence-electron chi connectivity index (χ0n) is 16.8. The lowest BCUT2D eigenvalue weighted by Crippen LogP contribution is -2.51. The summed E-state index contributed by atoms with van der Waals surface area (Å²) in [7, 11) is -2.14. The van der Waals surface area contributed by atoms with Crippen LogP contribution in [0.4, 0.5) is 5.69 Å². The van der Waals surface area contributed by atoms with E-state index >= 15 is 0 Å². The first-order valence-electron chi connectivity index (χ1n) is 9.69. The lowest BCUT2D eigenvalue weighted by atomic mass is 10.1. The number of carbonyl (C=O) groups is 1. The third kappa shape index (κ3) is 5.35. The highest BCUT2D eigenvalue weighted by Crippen LogP contribution is 2.21. The lowest BCUT2D eigenvalue weighted by Gasteiger charge is -2.34. The second kappa shape index (κ2) is 9.39. The molecule has 2 aromatic carbocycles. The second-order valence-corrected chi connectivity index (χ2v) is 8.91. The topological polar surface area (TPSA) is 79.0 Å². The maximum absolute atomic E-state index is 13.0. The highest BCUT2D eigenvalue weighted by molar-refractivity contribution is 7.86. The summed E-state index contributed by atoms with van der Waals surface area (Å²) in [6.45, 7) is 2.84. The monoisotopic (exact) mass is 417 g/mol. The minimum atomic E-state index is -3.72. The van der Waals surface area contributed by atoms with E-state index in [4.69, 9.17) is 4.74 Å². The Morgan fingerprint density at radius 3 is 2.55 bits per heavy atom. The number of nitrogens with zero attached hydrogens (tertiary/aromatic N) is 2. The Bertz CT molecular complexity index is 962. The molecule has 8 heteroatoms. The van der Waals surface area contributed by atoms with E-state index in [2.05, 4.69) is 5.32 Å². The summed E-state index contributed by atoms with van der Waals surface area (Å²) in [6.07, 6.45) is 1.53. The number of hydrogen-bond donors (Lipinski definition) is 1. The summed E-state index contributed by atoms with van der Waals surface area (Å²) in [4.78, 5) is 12.5. The molecule has 1 aliphatic heterocycles. The Hall–Kier alpha value is -2.42. The van der Waals surface area contributed by atoms with Crippen molar-refractivity contribution in [3.8, 4) is 5.75 Å². The summed E-state index contributed by atoms with van der Waals surface area (Å²) in [5.41, 5.74) is 2.63. The van der Waals surface area contributed by atoms with Crippen LogP contribution < -0.4 is 10.1 Å². The molecule has 1 saturated heterocycles. The van der Waals surface area contributed by atoms with Gasteiger partial charge in [0.2, 0.25) is 5.91 Å². The number of carbonyl (C=O) groups excluding carboxylic acids is 1. The van der Waals surface area contributed by atoms with E-state index in [-0.39, 0.29) is 19.0 Å². The van der Waals surface area contributed by atoms with Crippen LogP contribution in [-0.4, -0.2) is 49.7 Å². The standard InChI is InChI=1S/C21H27N3O4S/c1-3-17-7-4-9-19(13-17)22-21(25)16-24-12-6-11-23(29(24,26)27)15-18-8-5-10-20(14-18)28-2/h4-5,7-10,13-14H,3,6,11-12,15-16H2,1-2H3,(H,22,25). The average molecular weight is 418 g/mol. The first-order valence-corrected chi connectivity index (χ1v) is 11.1. The molecule has 156 valence electrons. The first kappa shape index (κ1) is 21.3. The zero-order valence-corrected chi connectivity index (χ0v) is 17.6. The van der Waals surface area contributed by atoms with Gasteiger partial charge in [0.05, 0.1) is 13.7 Å². The van der Waals surface area contributed by atoms with Crippen molar-refractivity contribution in [3.05, 3.63) is 59.7 Å². The molecule has 0 radical (unpaired) electrons. The normalized spacial score (nSPS) is 17.0. The smallest absolute Gasteiger partial charge is 0.282 e. The summed E-state index contributed by atoms with van der Waals surface area (Å²) in [5, 5.41) is 2.80. The number of rotatable bonds is 7. The van der Waals surface area contributed by atoms with E-state index in [0.29, 0.717) is 30.9 Å². The van der Waals surface area contributed by atoms with Crippen molar-refractivity contribution in [2.45, 2.75) is 26.3 Å². The van der Waals surface area contributed by atoms with E-state index in [0.717, 1.165) is 17.5 Å². The third-order valence-corrected chi connectivity index (χ3v) is 6.83. The molecule has 1 N–H and O–H groups in total. The van der Waals surface area contributed by atoms with Gasteiger partial charge in [-0.15, -0.1) is 0 Å². The Morgan fingerprint density at radius 2 is 1.79 bits per heavy atom.